The Morgan fingerprint density at radius 2 is 1.65 bits per heavy atom. The van der Waals surface area contributed by atoms with Gasteiger partial charge in [0.15, 0.2) is 0 Å². The minimum absolute atomic E-state index is 0.222. The lowest BCUT2D eigenvalue weighted by atomic mass is 10.1. The number of rotatable bonds is 6. The van der Waals surface area contributed by atoms with Crippen molar-refractivity contribution in [3.8, 4) is 22.9 Å². The Labute approximate surface area is 151 Å². The average molecular weight is 346 g/mol. The molecule has 0 spiro atoms. The molecule has 0 aliphatic carbocycles. The van der Waals surface area contributed by atoms with Crippen LogP contribution in [0.15, 0.2) is 79.9 Å². The van der Waals surface area contributed by atoms with Crippen molar-refractivity contribution in [3.05, 3.63) is 85.5 Å². The summed E-state index contributed by atoms with van der Waals surface area (Å²) < 4.78 is 9.75. The highest BCUT2D eigenvalue weighted by Gasteiger charge is 2.11. The maximum Gasteiger partial charge on any atom is 0.143 e. The van der Waals surface area contributed by atoms with Gasteiger partial charge in [0.1, 0.15) is 11.5 Å². The summed E-state index contributed by atoms with van der Waals surface area (Å²) in [6, 6.07) is 13.3. The highest BCUT2D eigenvalue weighted by molar-refractivity contribution is 5.52. The summed E-state index contributed by atoms with van der Waals surface area (Å²) in [5, 5.41) is 10.2. The van der Waals surface area contributed by atoms with Gasteiger partial charge < -0.3 is 19.0 Å². The summed E-state index contributed by atoms with van der Waals surface area (Å²) in [5.41, 5.74) is 2.66. The van der Waals surface area contributed by atoms with Crippen LogP contribution in [0.1, 0.15) is 5.56 Å². The van der Waals surface area contributed by atoms with Gasteiger partial charge in [0.25, 0.3) is 0 Å². The van der Waals surface area contributed by atoms with Gasteiger partial charge in [0.05, 0.1) is 30.6 Å². The van der Waals surface area contributed by atoms with Gasteiger partial charge in [0.2, 0.25) is 0 Å². The van der Waals surface area contributed by atoms with E-state index in [1.807, 2.05) is 57.9 Å². The first-order chi connectivity index (χ1) is 12.8. The van der Waals surface area contributed by atoms with Crippen molar-refractivity contribution < 1.29 is 9.84 Å². The number of nitrogens with zero attached hydrogens (tertiary/aromatic N) is 4. The van der Waals surface area contributed by atoms with Gasteiger partial charge in [-0.2, -0.15) is 0 Å². The van der Waals surface area contributed by atoms with Gasteiger partial charge in [-0.1, -0.05) is 24.3 Å². The summed E-state index contributed by atoms with van der Waals surface area (Å²) in [5.74, 6) is 1.01. The van der Waals surface area contributed by atoms with Gasteiger partial charge in [0, 0.05) is 31.2 Å². The van der Waals surface area contributed by atoms with Gasteiger partial charge >= 0.3 is 0 Å². The number of hydrogen-bond acceptors (Lipinski definition) is 4. The van der Waals surface area contributed by atoms with E-state index >= 15 is 0 Å². The Hall–Kier alpha value is -3.54. The molecular weight excluding hydrogens is 328 g/mol. The predicted molar refractivity (Wildman–Crippen MR) is 98.0 cm³/mol. The van der Waals surface area contributed by atoms with Crippen LogP contribution in [0.2, 0.25) is 0 Å². The summed E-state index contributed by atoms with van der Waals surface area (Å²) >= 11 is 0. The quantitative estimate of drug-likeness (QED) is 0.581. The molecule has 130 valence electrons. The molecule has 6 nitrogen and oxygen atoms in total. The first-order valence-electron chi connectivity index (χ1n) is 8.32. The minimum Gasteiger partial charge on any atom is -0.506 e. The van der Waals surface area contributed by atoms with Crippen molar-refractivity contribution in [2.24, 2.45) is 0 Å². The van der Waals surface area contributed by atoms with Crippen LogP contribution in [0.3, 0.4) is 0 Å². The fourth-order valence-electron chi connectivity index (χ4n) is 2.93. The zero-order valence-corrected chi connectivity index (χ0v) is 14.1. The number of phenolic OH excluding ortho intramolecular Hbond substituents is 1. The highest BCUT2D eigenvalue weighted by atomic mass is 16.5. The van der Waals surface area contributed by atoms with E-state index in [0.29, 0.717) is 13.0 Å². The van der Waals surface area contributed by atoms with E-state index in [1.165, 1.54) is 0 Å². The Kier molecular flexibility index (Phi) is 4.38. The molecule has 2 aromatic heterocycles. The molecule has 0 saturated heterocycles. The molecule has 4 aromatic rings. The van der Waals surface area contributed by atoms with Gasteiger partial charge in [-0.25, -0.2) is 9.97 Å². The van der Waals surface area contributed by atoms with Crippen LogP contribution >= 0.6 is 0 Å². The fraction of sp³-hybridized carbons (Fsp3) is 0.100. The van der Waals surface area contributed by atoms with E-state index in [0.717, 1.165) is 22.7 Å². The summed E-state index contributed by atoms with van der Waals surface area (Å²) in [6.45, 7) is 0.483. The molecule has 0 unspecified atom stereocenters. The molecule has 0 aliphatic rings. The van der Waals surface area contributed by atoms with E-state index in [-0.39, 0.29) is 5.75 Å². The summed E-state index contributed by atoms with van der Waals surface area (Å²) in [7, 11) is 0. The molecule has 26 heavy (non-hydrogen) atoms. The lowest BCUT2D eigenvalue weighted by molar-refractivity contribution is 0.320. The molecule has 2 heterocycles. The van der Waals surface area contributed by atoms with E-state index in [2.05, 4.69) is 9.97 Å². The van der Waals surface area contributed by atoms with E-state index in [4.69, 9.17) is 4.74 Å². The number of imidazole rings is 2. The first-order valence-corrected chi connectivity index (χ1v) is 8.32. The number of para-hydroxylation sites is 3. The molecule has 1 N–H and O–H groups in total. The van der Waals surface area contributed by atoms with Gasteiger partial charge in [-0.05, 0) is 23.8 Å². The Balaban J connectivity index is 1.53. The summed E-state index contributed by atoms with van der Waals surface area (Å²) in [6.07, 6.45) is 11.2. The predicted octanol–water partition coefficient (Wildman–Crippen LogP) is 3.39. The maximum atomic E-state index is 10.2. The fourth-order valence-corrected chi connectivity index (χ4v) is 2.93. The van der Waals surface area contributed by atoms with Crippen molar-refractivity contribution in [3.63, 3.8) is 0 Å². The Bertz CT molecular complexity index is 979. The number of hydrogen-bond donors (Lipinski definition) is 1. The van der Waals surface area contributed by atoms with E-state index < -0.39 is 0 Å². The third kappa shape index (κ3) is 3.17. The molecule has 6 heteroatoms. The zero-order valence-electron chi connectivity index (χ0n) is 14.1. The van der Waals surface area contributed by atoms with Crippen LogP contribution in [-0.4, -0.2) is 30.8 Å². The number of phenols is 1. The lowest BCUT2D eigenvalue weighted by Crippen LogP contribution is -2.07. The van der Waals surface area contributed by atoms with Crippen molar-refractivity contribution in [1.29, 1.82) is 0 Å². The van der Waals surface area contributed by atoms with Crippen LogP contribution in [0.4, 0.5) is 0 Å². The largest absolute Gasteiger partial charge is 0.506 e. The number of ether oxygens (including phenoxy) is 1. The van der Waals surface area contributed by atoms with Crippen molar-refractivity contribution in [2.45, 2.75) is 6.42 Å². The maximum absolute atomic E-state index is 10.2. The monoisotopic (exact) mass is 346 g/mol. The standard InChI is InChI=1S/C20H18N4O2/c25-18-6-3-4-16(20(18)24-12-10-22-15-24)8-13-26-19-7-2-1-5-17(19)23-11-9-21-14-23/h1-7,9-12,14-15,25H,8,13H2. The van der Waals surface area contributed by atoms with Gasteiger partial charge in [-0.3, -0.25) is 0 Å². The molecule has 0 radical (unpaired) electrons. The second-order valence-corrected chi connectivity index (χ2v) is 5.79. The molecule has 0 aliphatic heterocycles. The number of aromatic nitrogens is 4. The molecule has 0 bridgehead atoms. The second kappa shape index (κ2) is 7.14. The summed E-state index contributed by atoms with van der Waals surface area (Å²) in [4.78, 5) is 8.15. The zero-order chi connectivity index (χ0) is 17.8. The highest BCUT2D eigenvalue weighted by Crippen LogP contribution is 2.27. The van der Waals surface area contributed by atoms with Crippen LogP contribution in [-0.2, 0) is 6.42 Å². The normalized spacial score (nSPS) is 10.8. The minimum atomic E-state index is 0.222. The SMILES string of the molecule is Oc1cccc(CCOc2ccccc2-n2ccnc2)c1-n1ccnc1. The molecule has 0 saturated carbocycles. The second-order valence-electron chi connectivity index (χ2n) is 5.79. The van der Waals surface area contributed by atoms with E-state index in [9.17, 15) is 5.11 Å². The Morgan fingerprint density at radius 1 is 0.885 bits per heavy atom. The first kappa shape index (κ1) is 16.0. The van der Waals surface area contributed by atoms with Crippen LogP contribution in [0, 0.1) is 0 Å². The molecule has 2 aromatic carbocycles. The Morgan fingerprint density at radius 3 is 2.42 bits per heavy atom. The molecule has 0 amide bonds. The smallest absolute Gasteiger partial charge is 0.143 e. The van der Waals surface area contributed by atoms with Crippen LogP contribution in [0.25, 0.3) is 11.4 Å². The molecule has 0 fully saturated rings. The van der Waals surface area contributed by atoms with Crippen LogP contribution < -0.4 is 4.74 Å². The third-order valence-corrected chi connectivity index (χ3v) is 4.14. The lowest BCUT2D eigenvalue weighted by Gasteiger charge is -2.14. The molecule has 4 rings (SSSR count). The topological polar surface area (TPSA) is 65.1 Å². The van der Waals surface area contributed by atoms with Crippen LogP contribution in [0.5, 0.6) is 11.5 Å². The average Bonchev–Trinajstić information content (AvgIpc) is 3.36. The van der Waals surface area contributed by atoms with E-state index in [1.54, 1.807) is 31.1 Å². The number of benzene rings is 2. The third-order valence-electron chi connectivity index (χ3n) is 4.14. The number of aromatic hydroxyl groups is 1. The van der Waals surface area contributed by atoms with Crippen molar-refractivity contribution >= 4 is 0 Å². The molecular formula is C20H18N4O2. The van der Waals surface area contributed by atoms with Crippen molar-refractivity contribution in [1.82, 2.24) is 19.1 Å². The van der Waals surface area contributed by atoms with Gasteiger partial charge in [-0.15, -0.1) is 0 Å². The van der Waals surface area contributed by atoms with Crippen molar-refractivity contribution in [2.75, 3.05) is 6.61 Å². The molecule has 0 atom stereocenters.